The van der Waals surface area contributed by atoms with Gasteiger partial charge in [-0.1, -0.05) is 0 Å². The zero-order chi connectivity index (χ0) is 21.0. The summed E-state index contributed by atoms with van der Waals surface area (Å²) in [4.78, 5) is 49.3. The molecule has 0 aliphatic carbocycles. The number of nitrogens with one attached hydrogen (secondary N) is 1. The van der Waals surface area contributed by atoms with Crippen LogP contribution < -0.4 is 22.5 Å². The Kier molecular flexibility index (Phi) is 11.1. The van der Waals surface area contributed by atoms with Crippen molar-refractivity contribution in [2.45, 2.75) is 44.7 Å². The molecule has 0 aromatic rings. The van der Waals surface area contributed by atoms with Crippen molar-refractivity contribution < 1.29 is 29.4 Å². The van der Waals surface area contributed by atoms with Crippen molar-refractivity contribution in [2.24, 2.45) is 22.2 Å². The van der Waals surface area contributed by atoms with Crippen LogP contribution in [0.25, 0.3) is 0 Å². The van der Waals surface area contributed by atoms with Crippen molar-refractivity contribution in [1.82, 2.24) is 10.2 Å². The van der Waals surface area contributed by atoms with Gasteiger partial charge in [0.2, 0.25) is 11.8 Å². The number of rotatable bonds is 8. The molecule has 0 radical (unpaired) electrons. The zero-order valence-corrected chi connectivity index (χ0v) is 15.3. The Labute approximate surface area is 156 Å². The van der Waals surface area contributed by atoms with Crippen molar-refractivity contribution in [2.75, 3.05) is 19.6 Å². The highest BCUT2D eigenvalue weighted by molar-refractivity contribution is 5.91. The molecule has 12 heteroatoms. The summed E-state index contributed by atoms with van der Waals surface area (Å²) in [6.07, 6.45) is 1.78. The standard InChI is InChI=1S/C13H24N6O4.C2H4O2/c14-7-10(20)19-6-2-4-9(19)11(21)18-8(12(22)23)3-1-5-17-13(15)16;1-2(3)4/h8-9H,1-7,14H2,(H,18,21)(H,22,23)(H4,15,16,17);1H3,(H,3,4)/t8-,9-;/m0./s1. The van der Waals surface area contributed by atoms with Crippen molar-refractivity contribution in [3.63, 3.8) is 0 Å². The molecule has 0 aromatic heterocycles. The van der Waals surface area contributed by atoms with E-state index in [0.29, 0.717) is 25.8 Å². The highest BCUT2D eigenvalue weighted by atomic mass is 16.4. The van der Waals surface area contributed by atoms with Crippen LogP contribution in [-0.4, -0.2) is 76.5 Å². The molecule has 12 nitrogen and oxygen atoms in total. The number of carboxylic acid groups (broad SMARTS) is 2. The molecule has 9 N–H and O–H groups in total. The molecule has 27 heavy (non-hydrogen) atoms. The summed E-state index contributed by atoms with van der Waals surface area (Å²) in [7, 11) is 0. The fourth-order valence-electron chi connectivity index (χ4n) is 2.48. The lowest BCUT2D eigenvalue weighted by molar-refractivity contribution is -0.143. The minimum atomic E-state index is -1.14. The Morgan fingerprint density at radius 2 is 1.85 bits per heavy atom. The first-order valence-electron chi connectivity index (χ1n) is 8.37. The van der Waals surface area contributed by atoms with Crippen LogP contribution in [0, 0.1) is 0 Å². The van der Waals surface area contributed by atoms with E-state index in [1.807, 2.05) is 0 Å². The van der Waals surface area contributed by atoms with Gasteiger partial charge in [-0.2, -0.15) is 0 Å². The van der Waals surface area contributed by atoms with Gasteiger partial charge in [0.15, 0.2) is 5.96 Å². The Balaban J connectivity index is 0.00000153. The molecular weight excluding hydrogens is 360 g/mol. The van der Waals surface area contributed by atoms with Crippen molar-refractivity contribution >= 4 is 29.7 Å². The predicted octanol–water partition coefficient (Wildman–Crippen LogP) is -2.35. The summed E-state index contributed by atoms with van der Waals surface area (Å²) < 4.78 is 0. The first-order chi connectivity index (χ1) is 12.6. The third-order valence-electron chi connectivity index (χ3n) is 3.61. The highest BCUT2D eigenvalue weighted by Crippen LogP contribution is 2.17. The van der Waals surface area contributed by atoms with Crippen LogP contribution in [0.15, 0.2) is 4.99 Å². The van der Waals surface area contributed by atoms with Crippen LogP contribution in [0.2, 0.25) is 0 Å². The number of nitrogens with two attached hydrogens (primary N) is 3. The van der Waals surface area contributed by atoms with E-state index < -0.39 is 29.9 Å². The Bertz CT molecular complexity index is 559. The van der Waals surface area contributed by atoms with E-state index in [-0.39, 0.29) is 31.4 Å². The van der Waals surface area contributed by atoms with Gasteiger partial charge in [-0.05, 0) is 25.7 Å². The lowest BCUT2D eigenvalue weighted by Crippen LogP contribution is -2.51. The number of hydrogen-bond donors (Lipinski definition) is 6. The normalized spacial score (nSPS) is 16.5. The fraction of sp³-hybridized carbons (Fsp3) is 0.667. The summed E-state index contributed by atoms with van der Waals surface area (Å²) >= 11 is 0. The number of carboxylic acids is 2. The van der Waals surface area contributed by atoms with E-state index in [0.717, 1.165) is 6.92 Å². The molecule has 0 unspecified atom stereocenters. The lowest BCUT2D eigenvalue weighted by Gasteiger charge is -2.25. The number of hydrogen-bond acceptors (Lipinski definition) is 6. The number of aliphatic imine (C=N–C) groups is 1. The van der Waals surface area contributed by atoms with Crippen LogP contribution in [0.5, 0.6) is 0 Å². The van der Waals surface area contributed by atoms with Gasteiger partial charge >= 0.3 is 5.97 Å². The quantitative estimate of drug-likeness (QED) is 0.149. The van der Waals surface area contributed by atoms with E-state index in [2.05, 4.69) is 10.3 Å². The van der Waals surface area contributed by atoms with E-state index >= 15 is 0 Å². The Morgan fingerprint density at radius 1 is 1.26 bits per heavy atom. The monoisotopic (exact) mass is 388 g/mol. The summed E-state index contributed by atoms with van der Waals surface area (Å²) in [6, 6.07) is -1.71. The van der Waals surface area contributed by atoms with Gasteiger partial charge in [0.05, 0.1) is 6.54 Å². The maximum absolute atomic E-state index is 12.3. The van der Waals surface area contributed by atoms with Crippen LogP contribution in [0.3, 0.4) is 0 Å². The van der Waals surface area contributed by atoms with Gasteiger partial charge in [-0.25, -0.2) is 4.79 Å². The summed E-state index contributed by atoms with van der Waals surface area (Å²) in [6.45, 7) is 1.64. The van der Waals surface area contributed by atoms with E-state index in [9.17, 15) is 19.5 Å². The van der Waals surface area contributed by atoms with Crippen LogP contribution in [0.1, 0.15) is 32.6 Å². The van der Waals surface area contributed by atoms with Gasteiger partial charge in [0.1, 0.15) is 12.1 Å². The number of amides is 2. The molecular formula is C15H28N6O6. The zero-order valence-electron chi connectivity index (χ0n) is 15.3. The summed E-state index contributed by atoms with van der Waals surface area (Å²) in [5.41, 5.74) is 15.7. The molecule has 0 saturated carbocycles. The third-order valence-corrected chi connectivity index (χ3v) is 3.61. The van der Waals surface area contributed by atoms with Gasteiger partial charge < -0.3 is 37.6 Å². The van der Waals surface area contributed by atoms with E-state index in [4.69, 9.17) is 27.1 Å². The average Bonchev–Trinajstić information content (AvgIpc) is 3.05. The van der Waals surface area contributed by atoms with Gasteiger partial charge in [0.25, 0.3) is 5.97 Å². The summed E-state index contributed by atoms with van der Waals surface area (Å²) in [5.74, 6) is -2.83. The molecule has 1 aliphatic rings. The first kappa shape index (κ1) is 24.1. The molecule has 0 spiro atoms. The number of carbonyl (C=O) groups is 4. The first-order valence-corrected chi connectivity index (χ1v) is 8.37. The number of likely N-dealkylation sites (tertiary alicyclic amines) is 1. The average molecular weight is 388 g/mol. The van der Waals surface area contributed by atoms with Crippen LogP contribution in [0.4, 0.5) is 0 Å². The van der Waals surface area contributed by atoms with Crippen LogP contribution in [-0.2, 0) is 19.2 Å². The molecule has 1 fully saturated rings. The second kappa shape index (κ2) is 12.5. The lowest BCUT2D eigenvalue weighted by atomic mass is 10.1. The maximum Gasteiger partial charge on any atom is 0.326 e. The number of guanidine groups is 1. The third kappa shape index (κ3) is 9.99. The van der Waals surface area contributed by atoms with E-state index in [1.165, 1.54) is 4.90 Å². The van der Waals surface area contributed by atoms with Gasteiger partial charge in [0, 0.05) is 20.0 Å². The molecule has 2 amide bonds. The number of aliphatic carboxylic acids is 2. The molecule has 1 aliphatic heterocycles. The van der Waals surface area contributed by atoms with Crippen molar-refractivity contribution in [3.05, 3.63) is 0 Å². The molecule has 1 saturated heterocycles. The predicted molar refractivity (Wildman–Crippen MR) is 96.6 cm³/mol. The van der Waals surface area contributed by atoms with Crippen molar-refractivity contribution in [1.29, 1.82) is 0 Å². The SMILES string of the molecule is CC(=O)O.NCC(=O)N1CCC[C@H]1C(=O)N[C@@H](CCCN=C(N)N)C(=O)O. The largest absolute Gasteiger partial charge is 0.481 e. The topological polar surface area (TPSA) is 214 Å². The molecule has 1 rings (SSSR count). The smallest absolute Gasteiger partial charge is 0.326 e. The maximum atomic E-state index is 12.3. The second-order valence-electron chi connectivity index (χ2n) is 5.82. The molecule has 0 aromatic carbocycles. The molecule has 2 atom stereocenters. The van der Waals surface area contributed by atoms with Crippen LogP contribution >= 0.6 is 0 Å². The second-order valence-corrected chi connectivity index (χ2v) is 5.82. The minimum Gasteiger partial charge on any atom is -0.481 e. The number of carbonyl (C=O) groups excluding carboxylic acids is 2. The molecule has 1 heterocycles. The summed E-state index contributed by atoms with van der Waals surface area (Å²) in [5, 5.41) is 19.1. The minimum absolute atomic E-state index is 0.0668. The fourth-order valence-corrected chi connectivity index (χ4v) is 2.48. The van der Waals surface area contributed by atoms with E-state index in [1.54, 1.807) is 0 Å². The molecule has 154 valence electrons. The highest BCUT2D eigenvalue weighted by Gasteiger charge is 2.35. The molecule has 0 bridgehead atoms. The van der Waals surface area contributed by atoms with Gasteiger partial charge in [-0.15, -0.1) is 0 Å². The van der Waals surface area contributed by atoms with Crippen molar-refractivity contribution in [3.8, 4) is 0 Å². The van der Waals surface area contributed by atoms with Gasteiger partial charge in [-0.3, -0.25) is 19.4 Å². The Hall–Kier alpha value is -2.89. The Morgan fingerprint density at radius 3 is 2.33 bits per heavy atom. The number of nitrogens with zero attached hydrogens (tertiary/aromatic N) is 2.